The molecule has 2 aliphatic heterocycles. The van der Waals surface area contributed by atoms with Gasteiger partial charge in [0.2, 0.25) is 5.91 Å². The van der Waals surface area contributed by atoms with Crippen molar-refractivity contribution in [2.75, 3.05) is 32.7 Å². The summed E-state index contributed by atoms with van der Waals surface area (Å²) in [6, 6.07) is 3.55. The molecule has 8 nitrogen and oxygen atoms in total. The molecule has 29 heavy (non-hydrogen) atoms. The van der Waals surface area contributed by atoms with E-state index in [1.807, 2.05) is 26.0 Å². The van der Waals surface area contributed by atoms with E-state index in [0.29, 0.717) is 25.9 Å². The second kappa shape index (κ2) is 9.35. The van der Waals surface area contributed by atoms with Crippen LogP contribution in [-0.4, -0.2) is 75.8 Å². The number of hydrogen-bond donors (Lipinski definition) is 1. The van der Waals surface area contributed by atoms with E-state index < -0.39 is 11.6 Å². The normalized spacial score (nSPS) is 19.5. The van der Waals surface area contributed by atoms with Gasteiger partial charge in [-0.15, -0.1) is 0 Å². The topological polar surface area (TPSA) is 85.8 Å². The van der Waals surface area contributed by atoms with E-state index >= 15 is 0 Å². The first kappa shape index (κ1) is 21.2. The summed E-state index contributed by atoms with van der Waals surface area (Å²) in [5.41, 5.74) is 0.353. The molecule has 1 N–H and O–H groups in total. The van der Waals surface area contributed by atoms with Crippen LogP contribution in [0.15, 0.2) is 24.5 Å². The molecule has 2 fully saturated rings. The molecule has 0 saturated carbocycles. The predicted molar refractivity (Wildman–Crippen MR) is 109 cm³/mol. The summed E-state index contributed by atoms with van der Waals surface area (Å²) in [5.74, 6) is -0.420. The van der Waals surface area contributed by atoms with Crippen LogP contribution in [0.3, 0.4) is 0 Å². The van der Waals surface area contributed by atoms with Crippen LogP contribution in [0.25, 0.3) is 0 Å². The van der Waals surface area contributed by atoms with E-state index in [-0.39, 0.29) is 18.4 Å². The molecule has 1 aromatic heterocycles. The first-order chi connectivity index (χ1) is 14.0. The number of amides is 4. The van der Waals surface area contributed by atoms with Crippen LogP contribution in [0.5, 0.6) is 0 Å². The maximum Gasteiger partial charge on any atom is 0.325 e. The molecule has 3 rings (SSSR count). The number of nitrogens with zero attached hydrogens (tertiary/aromatic N) is 4. The van der Waals surface area contributed by atoms with E-state index in [0.717, 1.165) is 37.4 Å². The van der Waals surface area contributed by atoms with E-state index in [1.165, 1.54) is 5.56 Å². The molecule has 3 heterocycles. The standard InChI is InChI=1S/C21H31N5O3/c1-3-7-21(8-4-2)19(28)26(20(29)23-21)16-18(27)25-13-11-24(12-14-25)15-17-5-9-22-10-6-17/h5-6,9-10H,3-4,7-8,11-16H2,1-2H3,(H,23,29). The molecule has 1 aromatic rings. The lowest BCUT2D eigenvalue weighted by Crippen LogP contribution is -2.52. The van der Waals surface area contributed by atoms with Crippen molar-refractivity contribution in [3.63, 3.8) is 0 Å². The molecule has 4 amide bonds. The zero-order chi connectivity index (χ0) is 20.9. The molecular formula is C21H31N5O3. The van der Waals surface area contributed by atoms with E-state index in [9.17, 15) is 14.4 Å². The highest BCUT2D eigenvalue weighted by molar-refractivity contribution is 6.09. The molecule has 0 radical (unpaired) electrons. The highest BCUT2D eigenvalue weighted by Gasteiger charge is 2.50. The minimum Gasteiger partial charge on any atom is -0.339 e. The Balaban J connectivity index is 1.54. The summed E-state index contributed by atoms with van der Waals surface area (Å²) in [6.45, 7) is 7.38. The minimum absolute atomic E-state index is 0.166. The number of piperazine rings is 1. The van der Waals surface area contributed by atoms with E-state index in [1.54, 1.807) is 17.3 Å². The van der Waals surface area contributed by atoms with Gasteiger partial charge in [-0.05, 0) is 30.5 Å². The number of aromatic nitrogens is 1. The number of hydrogen-bond acceptors (Lipinski definition) is 5. The third-order valence-corrected chi connectivity index (χ3v) is 5.77. The van der Waals surface area contributed by atoms with Crippen molar-refractivity contribution in [3.05, 3.63) is 30.1 Å². The first-order valence-electron chi connectivity index (χ1n) is 10.5. The Morgan fingerprint density at radius 1 is 1.07 bits per heavy atom. The molecule has 0 aliphatic carbocycles. The van der Waals surface area contributed by atoms with Gasteiger partial charge in [0, 0.05) is 45.1 Å². The maximum absolute atomic E-state index is 12.9. The van der Waals surface area contributed by atoms with Crippen molar-refractivity contribution in [3.8, 4) is 0 Å². The minimum atomic E-state index is -0.843. The number of nitrogens with one attached hydrogen (secondary N) is 1. The van der Waals surface area contributed by atoms with Gasteiger partial charge < -0.3 is 10.2 Å². The largest absolute Gasteiger partial charge is 0.339 e. The van der Waals surface area contributed by atoms with Gasteiger partial charge in [0.05, 0.1) is 0 Å². The van der Waals surface area contributed by atoms with Crippen LogP contribution in [-0.2, 0) is 16.1 Å². The van der Waals surface area contributed by atoms with Gasteiger partial charge in [-0.2, -0.15) is 0 Å². The Kier molecular flexibility index (Phi) is 6.84. The summed E-state index contributed by atoms with van der Waals surface area (Å²) in [7, 11) is 0. The van der Waals surface area contributed by atoms with Gasteiger partial charge in [0.25, 0.3) is 5.91 Å². The molecule has 2 aliphatic rings. The number of urea groups is 1. The number of carbonyl (C=O) groups excluding carboxylic acids is 3. The summed E-state index contributed by atoms with van der Waals surface area (Å²) in [5, 5.41) is 2.87. The lowest BCUT2D eigenvalue weighted by molar-refractivity contribution is -0.140. The third-order valence-electron chi connectivity index (χ3n) is 5.77. The molecule has 0 atom stereocenters. The summed E-state index contributed by atoms with van der Waals surface area (Å²) < 4.78 is 0. The monoisotopic (exact) mass is 401 g/mol. The first-order valence-corrected chi connectivity index (χ1v) is 10.5. The lowest BCUT2D eigenvalue weighted by atomic mass is 9.88. The molecule has 0 unspecified atom stereocenters. The molecular weight excluding hydrogens is 370 g/mol. The van der Waals surface area contributed by atoms with Crippen molar-refractivity contribution >= 4 is 17.8 Å². The third kappa shape index (κ3) is 4.75. The second-order valence-corrected chi connectivity index (χ2v) is 7.92. The van der Waals surface area contributed by atoms with Crippen LogP contribution in [0, 0.1) is 0 Å². The number of pyridine rings is 1. The van der Waals surface area contributed by atoms with Crippen LogP contribution < -0.4 is 5.32 Å². The lowest BCUT2D eigenvalue weighted by Gasteiger charge is -2.35. The van der Waals surface area contributed by atoms with Gasteiger partial charge in [0.15, 0.2) is 0 Å². The van der Waals surface area contributed by atoms with Gasteiger partial charge in [-0.1, -0.05) is 26.7 Å². The van der Waals surface area contributed by atoms with Gasteiger partial charge >= 0.3 is 6.03 Å². The smallest absolute Gasteiger partial charge is 0.325 e. The van der Waals surface area contributed by atoms with Crippen LogP contribution in [0.2, 0.25) is 0 Å². The fourth-order valence-electron chi connectivity index (χ4n) is 4.27. The highest BCUT2D eigenvalue weighted by Crippen LogP contribution is 2.28. The summed E-state index contributed by atoms with van der Waals surface area (Å²) >= 11 is 0. The molecule has 0 aromatic carbocycles. The number of carbonyl (C=O) groups is 3. The second-order valence-electron chi connectivity index (χ2n) is 7.92. The Bertz CT molecular complexity index is 725. The predicted octanol–water partition coefficient (Wildman–Crippen LogP) is 1.62. The van der Waals surface area contributed by atoms with Crippen molar-refractivity contribution in [1.82, 2.24) is 25.0 Å². The maximum atomic E-state index is 12.9. The van der Waals surface area contributed by atoms with E-state index in [2.05, 4.69) is 15.2 Å². The van der Waals surface area contributed by atoms with Gasteiger partial charge in [0.1, 0.15) is 12.1 Å². The Hall–Kier alpha value is -2.48. The number of rotatable bonds is 8. The Morgan fingerprint density at radius 2 is 1.69 bits per heavy atom. The highest BCUT2D eigenvalue weighted by atomic mass is 16.2. The average molecular weight is 402 g/mol. The van der Waals surface area contributed by atoms with E-state index in [4.69, 9.17) is 0 Å². The van der Waals surface area contributed by atoms with Crippen LogP contribution in [0.1, 0.15) is 45.1 Å². The molecule has 0 bridgehead atoms. The average Bonchev–Trinajstić information content (AvgIpc) is 2.94. The van der Waals surface area contributed by atoms with Crippen LogP contribution >= 0.6 is 0 Å². The summed E-state index contributed by atoms with van der Waals surface area (Å²) in [6.07, 6.45) is 6.36. The zero-order valence-electron chi connectivity index (χ0n) is 17.4. The van der Waals surface area contributed by atoms with Crippen molar-refractivity contribution in [1.29, 1.82) is 0 Å². The van der Waals surface area contributed by atoms with Gasteiger partial charge in [-0.3, -0.25) is 24.4 Å². The molecule has 2 saturated heterocycles. The summed E-state index contributed by atoms with van der Waals surface area (Å²) in [4.78, 5) is 47.3. The SMILES string of the molecule is CCCC1(CCC)NC(=O)N(CC(=O)N2CCN(Cc3ccncc3)CC2)C1=O. The molecule has 0 spiro atoms. The van der Waals surface area contributed by atoms with Crippen LogP contribution in [0.4, 0.5) is 4.79 Å². The van der Waals surface area contributed by atoms with Crippen molar-refractivity contribution < 1.29 is 14.4 Å². The number of imide groups is 1. The quantitative estimate of drug-likeness (QED) is 0.669. The fraction of sp³-hybridized carbons (Fsp3) is 0.619. The Morgan fingerprint density at radius 3 is 2.28 bits per heavy atom. The Labute approximate surface area is 172 Å². The van der Waals surface area contributed by atoms with Gasteiger partial charge in [-0.25, -0.2) is 4.79 Å². The fourth-order valence-corrected chi connectivity index (χ4v) is 4.27. The molecule has 8 heteroatoms. The van der Waals surface area contributed by atoms with Crippen molar-refractivity contribution in [2.45, 2.75) is 51.6 Å². The zero-order valence-corrected chi connectivity index (χ0v) is 17.4. The van der Waals surface area contributed by atoms with Crippen molar-refractivity contribution in [2.24, 2.45) is 0 Å². The molecule has 158 valence electrons.